The number of rotatable bonds is 7. The number of aryl methyl sites for hydroxylation is 1. The fourth-order valence-electron chi connectivity index (χ4n) is 2.17. The molecule has 96 valence electrons. The molecule has 1 aromatic heterocycles. The van der Waals surface area contributed by atoms with E-state index in [1.165, 1.54) is 31.2 Å². The van der Waals surface area contributed by atoms with Crippen molar-refractivity contribution < 1.29 is 4.42 Å². The number of hydrogen-bond donors (Lipinski definition) is 0. The Morgan fingerprint density at radius 1 is 0.833 bits per heavy atom. The molecule has 2 aromatic rings. The molecule has 0 unspecified atom stereocenters. The lowest BCUT2D eigenvalue weighted by atomic mass is 10.1. The van der Waals surface area contributed by atoms with E-state index in [4.69, 9.17) is 4.42 Å². The van der Waals surface area contributed by atoms with Crippen LogP contribution in [0.5, 0.6) is 0 Å². The molecule has 0 aliphatic carbocycles. The molecule has 0 spiro atoms. The highest BCUT2D eigenvalue weighted by molar-refractivity contribution is 5.21. The molecule has 1 aromatic carbocycles. The van der Waals surface area contributed by atoms with Crippen LogP contribution >= 0.6 is 0 Å². The van der Waals surface area contributed by atoms with Crippen LogP contribution in [0.3, 0.4) is 0 Å². The third-order valence-corrected chi connectivity index (χ3v) is 3.22. The molecule has 0 saturated heterocycles. The van der Waals surface area contributed by atoms with E-state index in [9.17, 15) is 0 Å². The van der Waals surface area contributed by atoms with Crippen LogP contribution in [0.4, 0.5) is 0 Å². The molecule has 0 amide bonds. The van der Waals surface area contributed by atoms with Crippen LogP contribution in [0.1, 0.15) is 49.7 Å². The summed E-state index contributed by atoms with van der Waals surface area (Å²) in [6.45, 7) is 2.24. The summed E-state index contributed by atoms with van der Waals surface area (Å²) in [5.41, 5.74) is 1.31. The van der Waals surface area contributed by atoms with Gasteiger partial charge in [0.15, 0.2) is 0 Å². The van der Waals surface area contributed by atoms with Crippen LogP contribution in [0.2, 0.25) is 0 Å². The standard InChI is InChI=1S/C17H22O/c1-2-3-4-8-11-16-12-13-17(18-16)14-15-9-6-5-7-10-15/h5-7,9-10,12-13H,2-4,8,11,14H2,1H3. The van der Waals surface area contributed by atoms with Gasteiger partial charge in [-0.25, -0.2) is 0 Å². The molecule has 1 heterocycles. The fourth-order valence-corrected chi connectivity index (χ4v) is 2.17. The SMILES string of the molecule is CCCCCCc1ccc(Cc2ccccc2)o1. The monoisotopic (exact) mass is 242 g/mol. The summed E-state index contributed by atoms with van der Waals surface area (Å²) in [6, 6.07) is 14.7. The van der Waals surface area contributed by atoms with Gasteiger partial charge in [-0.2, -0.15) is 0 Å². The number of benzene rings is 1. The second-order valence-corrected chi connectivity index (χ2v) is 4.84. The summed E-state index contributed by atoms with van der Waals surface area (Å²) in [5.74, 6) is 2.21. The van der Waals surface area contributed by atoms with Gasteiger partial charge in [0.05, 0.1) is 0 Å². The van der Waals surface area contributed by atoms with Gasteiger partial charge in [0.1, 0.15) is 11.5 Å². The minimum Gasteiger partial charge on any atom is -0.466 e. The Hall–Kier alpha value is -1.50. The Bertz CT molecular complexity index is 442. The van der Waals surface area contributed by atoms with Gasteiger partial charge in [-0.05, 0) is 24.1 Å². The molecule has 0 aliphatic rings. The van der Waals surface area contributed by atoms with Gasteiger partial charge in [0.25, 0.3) is 0 Å². The Morgan fingerprint density at radius 2 is 1.61 bits per heavy atom. The maximum absolute atomic E-state index is 5.87. The zero-order valence-corrected chi connectivity index (χ0v) is 11.2. The smallest absolute Gasteiger partial charge is 0.108 e. The average molecular weight is 242 g/mol. The van der Waals surface area contributed by atoms with E-state index in [1.807, 2.05) is 6.07 Å². The molecule has 1 heteroatoms. The summed E-state index contributed by atoms with van der Waals surface area (Å²) < 4.78 is 5.87. The van der Waals surface area contributed by atoms with Gasteiger partial charge in [-0.15, -0.1) is 0 Å². The van der Waals surface area contributed by atoms with Gasteiger partial charge in [-0.1, -0.05) is 56.5 Å². The van der Waals surface area contributed by atoms with E-state index in [2.05, 4.69) is 43.3 Å². The van der Waals surface area contributed by atoms with Crippen molar-refractivity contribution in [3.63, 3.8) is 0 Å². The Kier molecular flexibility index (Phi) is 5.07. The van der Waals surface area contributed by atoms with Crippen LogP contribution in [-0.2, 0) is 12.8 Å². The average Bonchev–Trinajstić information content (AvgIpc) is 2.84. The third kappa shape index (κ3) is 4.06. The molecular weight excluding hydrogens is 220 g/mol. The Labute approximate surface area is 110 Å². The number of hydrogen-bond acceptors (Lipinski definition) is 1. The summed E-state index contributed by atoms with van der Waals surface area (Å²) >= 11 is 0. The van der Waals surface area contributed by atoms with Crippen molar-refractivity contribution in [1.29, 1.82) is 0 Å². The lowest BCUT2D eigenvalue weighted by molar-refractivity contribution is 0.463. The topological polar surface area (TPSA) is 13.1 Å². The van der Waals surface area contributed by atoms with Crippen molar-refractivity contribution >= 4 is 0 Å². The van der Waals surface area contributed by atoms with E-state index in [1.54, 1.807) is 0 Å². The predicted octanol–water partition coefficient (Wildman–Crippen LogP) is 4.99. The maximum atomic E-state index is 5.87. The summed E-state index contributed by atoms with van der Waals surface area (Å²) in [4.78, 5) is 0. The molecule has 0 saturated carbocycles. The lowest BCUT2D eigenvalue weighted by Gasteiger charge is -1.99. The van der Waals surface area contributed by atoms with Crippen LogP contribution in [0.25, 0.3) is 0 Å². The van der Waals surface area contributed by atoms with Gasteiger partial charge < -0.3 is 4.42 Å². The minimum atomic E-state index is 0.899. The van der Waals surface area contributed by atoms with Crippen LogP contribution in [0.15, 0.2) is 46.9 Å². The first-order chi connectivity index (χ1) is 8.88. The van der Waals surface area contributed by atoms with Crippen molar-refractivity contribution in [2.75, 3.05) is 0 Å². The second kappa shape index (κ2) is 7.05. The number of furan rings is 1. The van der Waals surface area contributed by atoms with Crippen molar-refractivity contribution in [2.45, 2.75) is 45.4 Å². The first-order valence-corrected chi connectivity index (χ1v) is 7.00. The molecule has 1 nitrogen and oxygen atoms in total. The van der Waals surface area contributed by atoms with E-state index in [0.29, 0.717) is 0 Å². The van der Waals surface area contributed by atoms with Gasteiger partial charge in [0, 0.05) is 12.8 Å². The van der Waals surface area contributed by atoms with Crippen molar-refractivity contribution in [1.82, 2.24) is 0 Å². The lowest BCUT2D eigenvalue weighted by Crippen LogP contribution is -1.85. The van der Waals surface area contributed by atoms with Gasteiger partial charge >= 0.3 is 0 Å². The third-order valence-electron chi connectivity index (χ3n) is 3.22. The molecule has 18 heavy (non-hydrogen) atoms. The van der Waals surface area contributed by atoms with Gasteiger partial charge in [0.2, 0.25) is 0 Å². The second-order valence-electron chi connectivity index (χ2n) is 4.84. The van der Waals surface area contributed by atoms with Crippen molar-refractivity contribution in [3.8, 4) is 0 Å². The maximum Gasteiger partial charge on any atom is 0.108 e. The Morgan fingerprint density at radius 3 is 2.39 bits per heavy atom. The minimum absolute atomic E-state index is 0.899. The molecule has 0 N–H and O–H groups in total. The molecule has 0 aliphatic heterocycles. The number of unbranched alkanes of at least 4 members (excludes halogenated alkanes) is 3. The van der Waals surface area contributed by atoms with E-state index >= 15 is 0 Å². The molecule has 2 rings (SSSR count). The highest BCUT2D eigenvalue weighted by Gasteiger charge is 2.03. The highest BCUT2D eigenvalue weighted by Crippen LogP contribution is 2.15. The van der Waals surface area contributed by atoms with Gasteiger partial charge in [-0.3, -0.25) is 0 Å². The van der Waals surface area contributed by atoms with E-state index in [0.717, 1.165) is 24.4 Å². The van der Waals surface area contributed by atoms with Crippen molar-refractivity contribution in [2.24, 2.45) is 0 Å². The van der Waals surface area contributed by atoms with Crippen LogP contribution in [0, 0.1) is 0 Å². The van der Waals surface area contributed by atoms with Crippen LogP contribution in [-0.4, -0.2) is 0 Å². The first kappa shape index (κ1) is 12.9. The fraction of sp³-hybridized carbons (Fsp3) is 0.412. The summed E-state index contributed by atoms with van der Waals surface area (Å²) in [6.07, 6.45) is 7.15. The van der Waals surface area contributed by atoms with Crippen LogP contribution < -0.4 is 0 Å². The predicted molar refractivity (Wildman–Crippen MR) is 75.8 cm³/mol. The molecular formula is C17H22O. The largest absolute Gasteiger partial charge is 0.466 e. The highest BCUT2D eigenvalue weighted by atomic mass is 16.3. The summed E-state index contributed by atoms with van der Waals surface area (Å²) in [5, 5.41) is 0. The van der Waals surface area contributed by atoms with E-state index < -0.39 is 0 Å². The zero-order chi connectivity index (χ0) is 12.6. The normalized spacial score (nSPS) is 10.7. The quantitative estimate of drug-likeness (QED) is 0.623. The van der Waals surface area contributed by atoms with Crippen molar-refractivity contribution in [3.05, 3.63) is 59.5 Å². The zero-order valence-electron chi connectivity index (χ0n) is 11.2. The molecule has 0 fully saturated rings. The Balaban J connectivity index is 1.83. The molecule has 0 bridgehead atoms. The van der Waals surface area contributed by atoms with E-state index in [-0.39, 0.29) is 0 Å². The first-order valence-electron chi connectivity index (χ1n) is 7.00. The summed E-state index contributed by atoms with van der Waals surface area (Å²) in [7, 11) is 0. The molecule has 0 radical (unpaired) electrons. The molecule has 0 atom stereocenters.